The Labute approximate surface area is 322 Å². The van der Waals surface area contributed by atoms with E-state index in [4.69, 9.17) is 32.7 Å². The summed E-state index contributed by atoms with van der Waals surface area (Å²) in [6.45, 7) is 3.59. The lowest BCUT2D eigenvalue weighted by atomic mass is 9.76. The quantitative estimate of drug-likeness (QED) is 0.203. The summed E-state index contributed by atoms with van der Waals surface area (Å²) >= 11 is 12.9. The second kappa shape index (κ2) is 15.9. The normalized spacial score (nSPS) is 21.5. The number of methoxy groups -OCH3 is 1. The molecule has 3 aliphatic rings. The molecule has 0 radical (unpaired) electrons. The van der Waals surface area contributed by atoms with Crippen molar-refractivity contribution in [2.45, 2.75) is 42.7 Å². The zero-order chi connectivity index (χ0) is 37.9. The third-order valence-corrected chi connectivity index (χ3v) is 11.9. The Morgan fingerprint density at radius 3 is 2.54 bits per heavy atom. The zero-order valence-corrected chi connectivity index (χ0v) is 31.4. The Hall–Kier alpha value is -4.76. The largest absolute Gasteiger partial charge is 0.496 e. The molecule has 3 N–H and O–H groups in total. The van der Waals surface area contributed by atoms with Crippen molar-refractivity contribution >= 4 is 41.1 Å². The standard InChI is InChI=1S/C38H42Cl2N8O6/c1-53-32-7-4-25(31-22-42-45-44-31)19-28(32)34(49)48-16-9-37(24-48,26-5-6-29(39)30(40)20-26)8-13-46-14-10-38(11-15-46,27-3-2-12-41-21-27)43-36(52)47-17-18-54-33(23-47)35(50)51/h2-7,12,19-22,33H,8-11,13-18,23-24H2,1H3,(H,43,52)(H,50,51)(H,42,44,45). The van der Waals surface area contributed by atoms with Gasteiger partial charge in [-0.15, -0.1) is 0 Å². The maximum Gasteiger partial charge on any atom is 0.334 e. The highest BCUT2D eigenvalue weighted by molar-refractivity contribution is 6.42. The van der Waals surface area contributed by atoms with E-state index in [-0.39, 0.29) is 25.1 Å². The number of amides is 3. The van der Waals surface area contributed by atoms with Crippen LogP contribution in [-0.2, 0) is 20.5 Å². The smallest absolute Gasteiger partial charge is 0.334 e. The fraction of sp³-hybridized carbons (Fsp3) is 0.421. The molecule has 0 saturated carbocycles. The number of likely N-dealkylation sites (tertiary alicyclic amines) is 2. The summed E-state index contributed by atoms with van der Waals surface area (Å²) in [6, 6.07) is 14.7. The molecule has 3 aliphatic heterocycles. The molecular weight excluding hydrogens is 735 g/mol. The number of morpholine rings is 1. The van der Waals surface area contributed by atoms with E-state index < -0.39 is 23.0 Å². The SMILES string of the molecule is COc1ccc(-c2cn[nH]n2)cc1C(=O)N1CCC(CCN2CCC(NC(=O)N3CCOC(C(=O)O)C3)(c3cccnc3)CC2)(c2ccc(Cl)c(Cl)c2)C1. The number of benzene rings is 2. The predicted octanol–water partition coefficient (Wildman–Crippen LogP) is 4.84. The van der Waals surface area contributed by atoms with Crippen LogP contribution in [0.3, 0.4) is 0 Å². The minimum atomic E-state index is -1.09. The monoisotopic (exact) mass is 776 g/mol. The summed E-state index contributed by atoms with van der Waals surface area (Å²) in [5.74, 6) is -0.746. The summed E-state index contributed by atoms with van der Waals surface area (Å²) in [5.41, 5.74) is 2.67. The van der Waals surface area contributed by atoms with Crippen molar-refractivity contribution in [3.63, 3.8) is 0 Å². The van der Waals surface area contributed by atoms with E-state index in [9.17, 15) is 19.5 Å². The van der Waals surface area contributed by atoms with Gasteiger partial charge in [-0.2, -0.15) is 15.4 Å². The lowest BCUT2D eigenvalue weighted by Gasteiger charge is -2.44. The number of ether oxygens (including phenoxy) is 2. The average Bonchev–Trinajstić information content (AvgIpc) is 3.91. The number of H-pyrrole nitrogens is 1. The molecule has 7 rings (SSSR count). The number of aromatic nitrogens is 4. The van der Waals surface area contributed by atoms with Crippen LogP contribution in [-0.4, -0.2) is 124 Å². The molecule has 14 nitrogen and oxygen atoms in total. The molecule has 16 heteroatoms. The van der Waals surface area contributed by atoms with E-state index >= 15 is 0 Å². The molecule has 2 unspecified atom stereocenters. The van der Waals surface area contributed by atoms with Gasteiger partial charge in [-0.3, -0.25) is 9.78 Å². The molecule has 3 fully saturated rings. The van der Waals surface area contributed by atoms with Crippen LogP contribution in [0.15, 0.2) is 67.1 Å². The Bertz CT molecular complexity index is 1980. The van der Waals surface area contributed by atoms with Crippen LogP contribution < -0.4 is 10.1 Å². The minimum Gasteiger partial charge on any atom is -0.496 e. The number of hydrogen-bond acceptors (Lipinski definition) is 9. The Kier molecular flexibility index (Phi) is 11.1. The molecule has 0 spiro atoms. The van der Waals surface area contributed by atoms with Crippen molar-refractivity contribution in [2.24, 2.45) is 0 Å². The van der Waals surface area contributed by atoms with Crippen molar-refractivity contribution in [3.05, 3.63) is 93.9 Å². The van der Waals surface area contributed by atoms with Crippen LogP contribution >= 0.6 is 23.2 Å². The summed E-state index contributed by atoms with van der Waals surface area (Å²) in [5, 5.41) is 24.4. The van der Waals surface area contributed by atoms with Crippen LogP contribution in [0, 0.1) is 0 Å². The van der Waals surface area contributed by atoms with Crippen LogP contribution in [0.25, 0.3) is 11.3 Å². The predicted molar refractivity (Wildman–Crippen MR) is 201 cm³/mol. The Morgan fingerprint density at radius 2 is 1.83 bits per heavy atom. The van der Waals surface area contributed by atoms with Gasteiger partial charge < -0.3 is 34.6 Å². The number of urea groups is 1. The van der Waals surface area contributed by atoms with Gasteiger partial charge in [0.05, 0.1) is 47.6 Å². The van der Waals surface area contributed by atoms with Crippen LogP contribution in [0.5, 0.6) is 5.75 Å². The zero-order valence-electron chi connectivity index (χ0n) is 29.8. The van der Waals surface area contributed by atoms with Gasteiger partial charge in [0, 0.05) is 56.1 Å². The maximum atomic E-state index is 14.2. The van der Waals surface area contributed by atoms with Gasteiger partial charge in [0.1, 0.15) is 11.4 Å². The number of carbonyl (C=O) groups excluding carboxylic acids is 2. The summed E-state index contributed by atoms with van der Waals surface area (Å²) in [7, 11) is 1.55. The lowest BCUT2D eigenvalue weighted by Crippen LogP contribution is -2.59. The van der Waals surface area contributed by atoms with Gasteiger partial charge in [-0.1, -0.05) is 35.3 Å². The molecule has 4 aromatic rings. The number of piperidine rings is 1. The van der Waals surface area contributed by atoms with Gasteiger partial charge in [-0.05, 0) is 79.8 Å². The highest BCUT2D eigenvalue weighted by Gasteiger charge is 2.44. The highest BCUT2D eigenvalue weighted by Crippen LogP contribution is 2.42. The number of carbonyl (C=O) groups is 3. The van der Waals surface area contributed by atoms with E-state index in [2.05, 4.69) is 30.6 Å². The molecule has 2 atom stereocenters. The van der Waals surface area contributed by atoms with Gasteiger partial charge in [-0.25, -0.2) is 9.59 Å². The van der Waals surface area contributed by atoms with Gasteiger partial charge in [0.25, 0.3) is 5.91 Å². The molecule has 0 aliphatic carbocycles. The van der Waals surface area contributed by atoms with E-state index in [1.54, 1.807) is 37.8 Å². The second-order valence-corrected chi connectivity index (χ2v) is 15.0. The first-order valence-corrected chi connectivity index (χ1v) is 18.7. The first kappa shape index (κ1) is 37.6. The summed E-state index contributed by atoms with van der Waals surface area (Å²) < 4.78 is 11.0. The fourth-order valence-corrected chi connectivity index (χ4v) is 8.23. The van der Waals surface area contributed by atoms with Crippen molar-refractivity contribution in [1.82, 2.24) is 40.4 Å². The van der Waals surface area contributed by atoms with E-state index in [1.165, 1.54) is 4.90 Å². The van der Waals surface area contributed by atoms with Gasteiger partial charge in [0.2, 0.25) is 0 Å². The summed E-state index contributed by atoms with van der Waals surface area (Å²) in [6.07, 6.45) is 6.77. The Balaban J connectivity index is 1.08. The minimum absolute atomic E-state index is 0.0213. The molecule has 5 heterocycles. The van der Waals surface area contributed by atoms with Crippen LogP contribution in [0.1, 0.15) is 47.2 Å². The number of halogens is 2. The van der Waals surface area contributed by atoms with Gasteiger partial charge in [0.15, 0.2) is 6.10 Å². The van der Waals surface area contributed by atoms with Gasteiger partial charge >= 0.3 is 12.0 Å². The van der Waals surface area contributed by atoms with Crippen LogP contribution in [0.4, 0.5) is 4.79 Å². The number of aromatic amines is 1. The number of hydrogen-bond donors (Lipinski definition) is 3. The first-order chi connectivity index (χ1) is 26.1. The number of nitrogens with zero attached hydrogens (tertiary/aromatic N) is 6. The number of carboxylic acids is 1. The molecule has 2 aromatic carbocycles. The fourth-order valence-electron chi connectivity index (χ4n) is 7.93. The molecule has 3 saturated heterocycles. The first-order valence-electron chi connectivity index (χ1n) is 17.9. The highest BCUT2D eigenvalue weighted by atomic mass is 35.5. The Morgan fingerprint density at radius 1 is 1.00 bits per heavy atom. The second-order valence-electron chi connectivity index (χ2n) is 14.1. The molecule has 3 amide bonds. The number of aliphatic carboxylic acids is 1. The van der Waals surface area contributed by atoms with Crippen molar-refractivity contribution in [3.8, 4) is 17.0 Å². The van der Waals surface area contributed by atoms with Crippen molar-refractivity contribution < 1.29 is 29.0 Å². The maximum absolute atomic E-state index is 14.2. The molecule has 54 heavy (non-hydrogen) atoms. The average molecular weight is 778 g/mol. The summed E-state index contributed by atoms with van der Waals surface area (Å²) in [4.78, 5) is 49.6. The van der Waals surface area contributed by atoms with E-state index in [1.807, 2.05) is 41.3 Å². The van der Waals surface area contributed by atoms with Crippen molar-refractivity contribution in [1.29, 1.82) is 0 Å². The molecule has 2 aromatic heterocycles. The third-order valence-electron chi connectivity index (χ3n) is 11.1. The lowest BCUT2D eigenvalue weighted by molar-refractivity contribution is -0.154. The van der Waals surface area contributed by atoms with Crippen molar-refractivity contribution in [2.75, 3.05) is 59.5 Å². The molecule has 284 valence electrons. The topological polar surface area (TPSA) is 166 Å². The number of carboxylic acid groups (broad SMARTS) is 1. The number of pyridine rings is 1. The van der Waals surface area contributed by atoms with Crippen LogP contribution in [0.2, 0.25) is 10.0 Å². The van der Waals surface area contributed by atoms with E-state index in [0.717, 1.165) is 36.1 Å². The van der Waals surface area contributed by atoms with E-state index in [0.29, 0.717) is 72.6 Å². The molecule has 0 bridgehead atoms. The molecular formula is C38H42Cl2N8O6. The third kappa shape index (κ3) is 7.74. The number of nitrogens with one attached hydrogen (secondary N) is 2. The number of rotatable bonds is 10.